The number of hydrogen-bond acceptors (Lipinski definition) is 6. The lowest BCUT2D eigenvalue weighted by atomic mass is 9.95. The molecular weight excluding hydrogens is 482 g/mol. The molecule has 38 heavy (non-hydrogen) atoms. The van der Waals surface area contributed by atoms with Gasteiger partial charge in [0.05, 0.1) is 30.4 Å². The number of aromatic nitrogens is 2. The van der Waals surface area contributed by atoms with Crippen LogP contribution in [0.2, 0.25) is 0 Å². The van der Waals surface area contributed by atoms with E-state index in [0.717, 1.165) is 33.2 Å². The largest absolute Gasteiger partial charge is 0.389 e. The maximum atomic E-state index is 13.3. The molecule has 2 aromatic heterocycles. The van der Waals surface area contributed by atoms with E-state index in [2.05, 4.69) is 10.3 Å². The number of benzene rings is 2. The molecule has 4 aromatic rings. The lowest BCUT2D eigenvalue weighted by Crippen LogP contribution is -2.22. The molecule has 9 heteroatoms. The number of nitrogens with zero attached hydrogens (tertiary/aromatic N) is 3. The summed E-state index contributed by atoms with van der Waals surface area (Å²) < 4.78 is 7.33. The van der Waals surface area contributed by atoms with E-state index < -0.39 is 17.9 Å². The molecule has 1 unspecified atom stereocenters. The molecule has 9 nitrogen and oxygen atoms in total. The molecule has 0 spiro atoms. The Labute approximate surface area is 221 Å². The third-order valence-electron chi connectivity index (χ3n) is 6.95. The Balaban J connectivity index is 1.74. The van der Waals surface area contributed by atoms with E-state index in [1.807, 2.05) is 92.1 Å². The van der Waals surface area contributed by atoms with Crippen LogP contribution in [0.5, 0.6) is 0 Å². The zero-order chi connectivity index (χ0) is 27.1. The van der Waals surface area contributed by atoms with Crippen LogP contribution >= 0.6 is 0 Å². The van der Waals surface area contributed by atoms with Crippen LogP contribution in [-0.4, -0.2) is 74.0 Å². The topological polar surface area (TPSA) is 103 Å². The number of hydrogen-bond donors (Lipinski definition) is 3. The predicted octanol–water partition coefficient (Wildman–Crippen LogP) is 3.22. The Morgan fingerprint density at radius 1 is 0.921 bits per heavy atom. The molecule has 0 aliphatic carbocycles. The van der Waals surface area contributed by atoms with Gasteiger partial charge in [-0.3, -0.25) is 14.9 Å². The zero-order valence-electron chi connectivity index (χ0n) is 22.3. The monoisotopic (exact) mass is 515 g/mol. The van der Waals surface area contributed by atoms with E-state index in [-0.39, 0.29) is 13.2 Å². The molecule has 1 atom stereocenters. The van der Waals surface area contributed by atoms with Crippen molar-refractivity contribution in [1.82, 2.24) is 14.9 Å². The van der Waals surface area contributed by atoms with Gasteiger partial charge in [-0.1, -0.05) is 0 Å². The van der Waals surface area contributed by atoms with Crippen LogP contribution in [0.15, 0.2) is 48.8 Å². The van der Waals surface area contributed by atoms with Gasteiger partial charge in [0.2, 0.25) is 0 Å². The number of nitrogens with one attached hydrogen (secondary N) is 2. The fourth-order valence-electron chi connectivity index (χ4n) is 5.01. The molecule has 2 aromatic carbocycles. The molecule has 0 bridgehead atoms. The summed E-state index contributed by atoms with van der Waals surface area (Å²) in [4.78, 5) is 33.8. The van der Waals surface area contributed by atoms with Crippen molar-refractivity contribution in [1.29, 1.82) is 0 Å². The third kappa shape index (κ3) is 4.44. The zero-order valence-corrected chi connectivity index (χ0v) is 22.3. The van der Waals surface area contributed by atoms with Gasteiger partial charge in [0, 0.05) is 91.5 Å². The normalized spacial score (nSPS) is 14.6. The number of aliphatic hydroxyl groups excluding tert-OH is 1. The van der Waals surface area contributed by atoms with Crippen molar-refractivity contribution in [2.24, 2.45) is 0 Å². The highest BCUT2D eigenvalue weighted by Crippen LogP contribution is 2.39. The minimum atomic E-state index is -0.725. The molecule has 0 fully saturated rings. The second-order valence-electron chi connectivity index (χ2n) is 9.96. The fraction of sp³-hybridized carbons (Fsp3) is 0.310. The van der Waals surface area contributed by atoms with Crippen molar-refractivity contribution in [3.63, 3.8) is 0 Å². The number of imide groups is 1. The first-order valence-corrected chi connectivity index (χ1v) is 12.6. The smallest absolute Gasteiger partial charge is 0.259 e. The van der Waals surface area contributed by atoms with E-state index in [1.165, 1.54) is 0 Å². The number of ether oxygens (including phenoxy) is 1. The second kappa shape index (κ2) is 10.00. The van der Waals surface area contributed by atoms with Crippen molar-refractivity contribution in [3.8, 4) is 0 Å². The summed E-state index contributed by atoms with van der Waals surface area (Å²) in [5.74, 6) is -0.866. The molecule has 2 amide bonds. The molecule has 3 heterocycles. The standard InChI is InChI=1S/C29H33N5O4/c1-6-38-16-19(35)14-34-15-23(21-12-18(33(4)5)8-10-25(21)34)27-26(28(36)31-29(27)37)22-13-30-24-9-7-17(32(2)3)11-20(22)24/h7-13,15,19,30,35H,6,14,16H2,1-5H3,(H,31,36,37). The number of H-pyrrole nitrogens is 1. The van der Waals surface area contributed by atoms with Crippen LogP contribution in [0.4, 0.5) is 11.4 Å². The van der Waals surface area contributed by atoms with Crippen LogP contribution in [0.1, 0.15) is 18.1 Å². The molecule has 1 aliphatic rings. The van der Waals surface area contributed by atoms with Gasteiger partial charge in [-0.25, -0.2) is 0 Å². The summed E-state index contributed by atoms with van der Waals surface area (Å²) in [6.07, 6.45) is 2.92. The predicted molar refractivity (Wildman–Crippen MR) is 151 cm³/mol. The molecule has 3 N–H and O–H groups in total. The summed E-state index contributed by atoms with van der Waals surface area (Å²) >= 11 is 0. The summed E-state index contributed by atoms with van der Waals surface area (Å²) in [7, 11) is 7.82. The lowest BCUT2D eigenvalue weighted by molar-refractivity contribution is -0.122. The van der Waals surface area contributed by atoms with Gasteiger partial charge in [-0.2, -0.15) is 0 Å². The minimum Gasteiger partial charge on any atom is -0.389 e. The van der Waals surface area contributed by atoms with Gasteiger partial charge >= 0.3 is 0 Å². The van der Waals surface area contributed by atoms with Crippen LogP contribution in [0.25, 0.3) is 33.0 Å². The quantitative estimate of drug-likeness (QED) is 0.296. The van der Waals surface area contributed by atoms with Crippen molar-refractivity contribution in [2.75, 3.05) is 51.2 Å². The number of anilines is 2. The van der Waals surface area contributed by atoms with E-state index >= 15 is 0 Å². The molecule has 5 rings (SSSR count). The van der Waals surface area contributed by atoms with Crippen molar-refractivity contribution >= 4 is 56.1 Å². The average molecular weight is 516 g/mol. The first kappa shape index (κ1) is 25.6. The van der Waals surface area contributed by atoms with Gasteiger partial charge in [0.1, 0.15) is 0 Å². The highest BCUT2D eigenvalue weighted by molar-refractivity contribution is 6.50. The molecule has 0 saturated heterocycles. The molecule has 0 saturated carbocycles. The van der Waals surface area contributed by atoms with Crippen molar-refractivity contribution < 1.29 is 19.4 Å². The minimum absolute atomic E-state index is 0.206. The number of aromatic amines is 1. The van der Waals surface area contributed by atoms with E-state index in [4.69, 9.17) is 4.74 Å². The first-order chi connectivity index (χ1) is 18.2. The van der Waals surface area contributed by atoms with Crippen LogP contribution in [0.3, 0.4) is 0 Å². The van der Waals surface area contributed by atoms with Gasteiger partial charge in [-0.15, -0.1) is 0 Å². The molecule has 0 radical (unpaired) electrons. The van der Waals surface area contributed by atoms with Crippen LogP contribution in [0, 0.1) is 0 Å². The van der Waals surface area contributed by atoms with E-state index in [1.54, 1.807) is 6.20 Å². The maximum absolute atomic E-state index is 13.3. The van der Waals surface area contributed by atoms with Crippen molar-refractivity contribution in [2.45, 2.75) is 19.6 Å². The summed E-state index contributed by atoms with van der Waals surface area (Å²) in [5.41, 5.74) is 5.65. The molecule has 198 valence electrons. The number of carbonyl (C=O) groups is 2. The highest BCUT2D eigenvalue weighted by atomic mass is 16.5. The molecular formula is C29H33N5O4. The average Bonchev–Trinajstić information content (AvgIpc) is 3.54. The Morgan fingerprint density at radius 2 is 1.55 bits per heavy atom. The Bertz CT molecular complexity index is 1580. The molecule has 1 aliphatic heterocycles. The fourth-order valence-corrected chi connectivity index (χ4v) is 5.01. The number of carbonyl (C=O) groups excluding carboxylic acids is 2. The van der Waals surface area contributed by atoms with E-state index in [9.17, 15) is 14.7 Å². The maximum Gasteiger partial charge on any atom is 0.259 e. The Morgan fingerprint density at radius 3 is 2.21 bits per heavy atom. The van der Waals surface area contributed by atoms with Crippen LogP contribution in [-0.2, 0) is 20.9 Å². The van der Waals surface area contributed by atoms with Gasteiger partial charge in [0.25, 0.3) is 11.8 Å². The van der Waals surface area contributed by atoms with Gasteiger partial charge in [0.15, 0.2) is 0 Å². The Kier molecular flexibility index (Phi) is 6.73. The third-order valence-corrected chi connectivity index (χ3v) is 6.95. The van der Waals surface area contributed by atoms with Gasteiger partial charge < -0.3 is 29.2 Å². The second-order valence-corrected chi connectivity index (χ2v) is 9.96. The first-order valence-electron chi connectivity index (χ1n) is 12.6. The number of amides is 2. The highest BCUT2D eigenvalue weighted by Gasteiger charge is 2.35. The van der Waals surface area contributed by atoms with Gasteiger partial charge in [-0.05, 0) is 43.3 Å². The summed E-state index contributed by atoms with van der Waals surface area (Å²) in [6.45, 7) is 2.89. The SMILES string of the molecule is CCOCC(O)Cn1cc(C2=C(c3c[nH]c4ccc(N(C)C)cc34)C(=O)NC2=O)c2cc(N(C)C)ccc21. The van der Waals surface area contributed by atoms with E-state index in [0.29, 0.717) is 28.9 Å². The lowest BCUT2D eigenvalue weighted by Gasteiger charge is -2.14. The Hall–Kier alpha value is -4.08. The number of rotatable bonds is 9. The van der Waals surface area contributed by atoms with Crippen molar-refractivity contribution in [3.05, 3.63) is 59.9 Å². The number of fused-ring (bicyclic) bond motifs is 2. The number of aliphatic hydroxyl groups is 1. The van der Waals surface area contributed by atoms with Crippen LogP contribution < -0.4 is 15.1 Å². The summed E-state index contributed by atoms with van der Waals surface area (Å²) in [6, 6.07) is 12.0. The summed E-state index contributed by atoms with van der Waals surface area (Å²) in [5, 5.41) is 14.8.